The summed E-state index contributed by atoms with van der Waals surface area (Å²) < 4.78 is 21.3. The summed E-state index contributed by atoms with van der Waals surface area (Å²) >= 11 is 8.67. The second-order valence-corrected chi connectivity index (χ2v) is 12.1. The highest BCUT2D eigenvalue weighted by Crippen LogP contribution is 2.39. The predicted octanol–water partition coefficient (Wildman–Crippen LogP) is 5.70. The molecule has 4 aromatic rings. The van der Waals surface area contributed by atoms with Crippen LogP contribution in [0.4, 0.5) is 9.39 Å². The molecule has 0 bridgehead atoms. The number of ether oxygens (including phenoxy) is 1. The molecular formula is C30H29ClFN5O4S2. The molecule has 224 valence electrons. The van der Waals surface area contributed by atoms with E-state index >= 15 is 0 Å². The molecule has 5 rings (SSSR count). The first-order valence-electron chi connectivity index (χ1n) is 13.8. The Hall–Kier alpha value is -3.74. The van der Waals surface area contributed by atoms with Crippen LogP contribution in [0.5, 0.6) is 0 Å². The van der Waals surface area contributed by atoms with Crippen molar-refractivity contribution < 1.29 is 23.5 Å². The van der Waals surface area contributed by atoms with Crippen LogP contribution in [0.1, 0.15) is 55.9 Å². The van der Waals surface area contributed by atoms with Crippen LogP contribution in [0, 0.1) is 5.82 Å². The standard InChI is InChI=1S/C30H29ClFN5O4S2/c1-2-41-29(40)25-19-10-6-13-22(19)43-28(25)34-24(38)17-42-30-36-35-23(37(30)15-14-18-8-4-3-5-9-18)16-33-27(39)26-20(31)11-7-12-21(26)32/h3-5,7-9,11-12H,2,6,10,13-17H2,1H3,(H,33,39)(H,34,38). The summed E-state index contributed by atoms with van der Waals surface area (Å²) in [5.74, 6) is -1.65. The molecule has 0 unspecified atom stereocenters. The first-order valence-corrected chi connectivity index (χ1v) is 16.0. The molecule has 2 amide bonds. The number of halogens is 2. The fraction of sp³-hybridized carbons (Fsp3) is 0.300. The number of anilines is 1. The van der Waals surface area contributed by atoms with Crippen molar-refractivity contribution in [2.75, 3.05) is 17.7 Å². The highest BCUT2D eigenvalue weighted by atomic mass is 35.5. The lowest BCUT2D eigenvalue weighted by molar-refractivity contribution is -0.113. The fourth-order valence-corrected chi connectivity index (χ4v) is 7.16. The van der Waals surface area contributed by atoms with Gasteiger partial charge in [0.1, 0.15) is 10.8 Å². The Morgan fingerprint density at radius 2 is 1.91 bits per heavy atom. The summed E-state index contributed by atoms with van der Waals surface area (Å²) in [4.78, 5) is 39.5. The largest absolute Gasteiger partial charge is 0.462 e. The van der Waals surface area contributed by atoms with Crippen LogP contribution < -0.4 is 10.6 Å². The number of fused-ring (bicyclic) bond motifs is 1. The van der Waals surface area contributed by atoms with Gasteiger partial charge in [-0.2, -0.15) is 0 Å². The van der Waals surface area contributed by atoms with Gasteiger partial charge >= 0.3 is 5.97 Å². The molecule has 43 heavy (non-hydrogen) atoms. The van der Waals surface area contributed by atoms with Gasteiger partial charge in [0.2, 0.25) is 5.91 Å². The van der Waals surface area contributed by atoms with E-state index in [1.165, 1.54) is 41.3 Å². The Bertz CT molecular complexity index is 1620. The summed E-state index contributed by atoms with van der Waals surface area (Å²) in [5.41, 5.74) is 2.27. The van der Waals surface area contributed by atoms with Crippen molar-refractivity contribution >= 4 is 57.5 Å². The molecular weight excluding hydrogens is 613 g/mol. The van der Waals surface area contributed by atoms with Crippen molar-refractivity contribution in [2.45, 2.75) is 50.9 Å². The molecule has 9 nitrogen and oxygen atoms in total. The monoisotopic (exact) mass is 641 g/mol. The highest BCUT2D eigenvalue weighted by molar-refractivity contribution is 7.99. The first-order chi connectivity index (χ1) is 20.9. The molecule has 0 radical (unpaired) electrons. The summed E-state index contributed by atoms with van der Waals surface area (Å²) in [7, 11) is 0. The quantitative estimate of drug-likeness (QED) is 0.151. The third-order valence-corrected chi connectivity index (χ3v) is 9.33. The zero-order chi connectivity index (χ0) is 30.3. The number of aryl methyl sites for hydroxylation is 2. The van der Waals surface area contributed by atoms with Crippen molar-refractivity contribution in [1.82, 2.24) is 20.1 Å². The van der Waals surface area contributed by atoms with Crippen LogP contribution in [0.15, 0.2) is 53.7 Å². The zero-order valence-corrected chi connectivity index (χ0v) is 25.7. The lowest BCUT2D eigenvalue weighted by atomic mass is 10.1. The number of hydrogen-bond donors (Lipinski definition) is 2. The minimum atomic E-state index is -0.722. The Labute approximate surface area is 261 Å². The Balaban J connectivity index is 1.29. The molecule has 0 atom stereocenters. The van der Waals surface area contributed by atoms with Gasteiger partial charge in [0.15, 0.2) is 11.0 Å². The molecule has 0 saturated carbocycles. The topological polar surface area (TPSA) is 115 Å². The van der Waals surface area contributed by atoms with Gasteiger partial charge in [-0.05, 0) is 55.9 Å². The van der Waals surface area contributed by atoms with Gasteiger partial charge in [-0.25, -0.2) is 9.18 Å². The average Bonchev–Trinajstić information content (AvgIpc) is 3.69. The maximum absolute atomic E-state index is 14.3. The number of nitrogens with zero attached hydrogens (tertiary/aromatic N) is 3. The molecule has 1 aliphatic carbocycles. The average molecular weight is 642 g/mol. The molecule has 2 heterocycles. The van der Waals surface area contributed by atoms with E-state index in [4.69, 9.17) is 16.3 Å². The van der Waals surface area contributed by atoms with Gasteiger partial charge in [0.25, 0.3) is 5.91 Å². The van der Waals surface area contributed by atoms with Crippen molar-refractivity contribution in [3.63, 3.8) is 0 Å². The zero-order valence-electron chi connectivity index (χ0n) is 23.3. The maximum atomic E-state index is 14.3. The number of hydrogen-bond acceptors (Lipinski definition) is 8. The van der Waals surface area contributed by atoms with Crippen molar-refractivity contribution in [1.29, 1.82) is 0 Å². The number of carbonyl (C=O) groups excluding carboxylic acids is 3. The third kappa shape index (κ3) is 7.26. The highest BCUT2D eigenvalue weighted by Gasteiger charge is 2.28. The lowest BCUT2D eigenvalue weighted by Gasteiger charge is -2.12. The van der Waals surface area contributed by atoms with Crippen molar-refractivity contribution in [3.8, 4) is 0 Å². The second kappa shape index (κ2) is 14.2. The number of nitrogens with one attached hydrogen (secondary N) is 2. The summed E-state index contributed by atoms with van der Waals surface area (Å²) in [5, 5.41) is 15.1. The van der Waals surface area contributed by atoms with E-state index in [0.29, 0.717) is 34.5 Å². The van der Waals surface area contributed by atoms with E-state index in [9.17, 15) is 18.8 Å². The Morgan fingerprint density at radius 1 is 1.09 bits per heavy atom. The Kier molecular flexibility index (Phi) is 10.1. The molecule has 0 fully saturated rings. The summed E-state index contributed by atoms with van der Waals surface area (Å²) in [6, 6.07) is 13.9. The van der Waals surface area contributed by atoms with Crippen LogP contribution in [0.3, 0.4) is 0 Å². The van der Waals surface area contributed by atoms with Crippen LogP contribution in [-0.2, 0) is 41.9 Å². The van der Waals surface area contributed by atoms with E-state index in [1.54, 1.807) is 6.92 Å². The molecule has 2 N–H and O–H groups in total. The number of benzene rings is 2. The molecule has 1 aliphatic rings. The van der Waals surface area contributed by atoms with Gasteiger partial charge in [-0.3, -0.25) is 9.59 Å². The van der Waals surface area contributed by atoms with Crippen LogP contribution in [-0.4, -0.2) is 44.9 Å². The van der Waals surface area contributed by atoms with E-state index in [2.05, 4.69) is 20.8 Å². The lowest BCUT2D eigenvalue weighted by Crippen LogP contribution is -2.26. The number of thioether (sulfide) groups is 1. The maximum Gasteiger partial charge on any atom is 0.341 e. The minimum absolute atomic E-state index is 0.00684. The van der Waals surface area contributed by atoms with Gasteiger partial charge in [-0.1, -0.05) is 59.8 Å². The SMILES string of the molecule is CCOC(=O)c1c(NC(=O)CSc2nnc(CNC(=O)c3c(F)cccc3Cl)n2CCc2ccccc2)sc2c1CCC2. The predicted molar refractivity (Wildman–Crippen MR) is 164 cm³/mol. The van der Waals surface area contributed by atoms with Gasteiger partial charge in [-0.15, -0.1) is 21.5 Å². The summed E-state index contributed by atoms with van der Waals surface area (Å²) in [6.07, 6.45) is 3.30. The first kappa shape index (κ1) is 30.7. The molecule has 0 saturated heterocycles. The third-order valence-electron chi connectivity index (χ3n) is 6.84. The minimum Gasteiger partial charge on any atom is -0.462 e. The second-order valence-electron chi connectivity index (χ2n) is 9.68. The van der Waals surface area contributed by atoms with Crippen molar-refractivity contribution in [2.24, 2.45) is 0 Å². The van der Waals surface area contributed by atoms with E-state index in [1.807, 2.05) is 34.9 Å². The smallest absolute Gasteiger partial charge is 0.341 e. The van der Waals surface area contributed by atoms with Crippen LogP contribution >= 0.6 is 34.7 Å². The molecule has 0 aliphatic heterocycles. The van der Waals surface area contributed by atoms with E-state index in [0.717, 1.165) is 35.3 Å². The van der Waals surface area contributed by atoms with Crippen LogP contribution in [0.2, 0.25) is 5.02 Å². The summed E-state index contributed by atoms with van der Waals surface area (Å²) in [6.45, 7) is 2.46. The number of carbonyl (C=O) groups is 3. The number of esters is 1. The number of rotatable bonds is 12. The van der Waals surface area contributed by atoms with Crippen LogP contribution in [0.25, 0.3) is 0 Å². The molecule has 0 spiro atoms. The normalized spacial score (nSPS) is 12.2. The Morgan fingerprint density at radius 3 is 2.67 bits per heavy atom. The van der Waals surface area contributed by atoms with E-state index in [-0.39, 0.29) is 35.4 Å². The number of amides is 2. The molecule has 2 aromatic heterocycles. The van der Waals surface area contributed by atoms with Crippen molar-refractivity contribution in [3.05, 3.63) is 92.3 Å². The van der Waals surface area contributed by atoms with Gasteiger partial charge in [0.05, 0.1) is 35.1 Å². The fourth-order valence-electron chi connectivity index (χ4n) is 4.83. The number of aromatic nitrogens is 3. The van der Waals surface area contributed by atoms with E-state index < -0.39 is 17.7 Å². The van der Waals surface area contributed by atoms with Gasteiger partial charge in [0, 0.05) is 11.4 Å². The molecule has 2 aromatic carbocycles. The molecule has 13 heteroatoms. The van der Waals surface area contributed by atoms with Gasteiger partial charge < -0.3 is 19.9 Å². The number of thiophene rings is 1.